The van der Waals surface area contributed by atoms with E-state index in [0.29, 0.717) is 26.2 Å². The van der Waals surface area contributed by atoms with Crippen LogP contribution in [0.25, 0.3) is 0 Å². The predicted octanol–water partition coefficient (Wildman–Crippen LogP) is 2.34. The van der Waals surface area contributed by atoms with Gasteiger partial charge in [0.1, 0.15) is 0 Å². The molecule has 1 fully saturated rings. The summed E-state index contributed by atoms with van der Waals surface area (Å²) in [6.07, 6.45) is 0. The minimum Gasteiger partial charge on any atom is -0.339 e. The summed E-state index contributed by atoms with van der Waals surface area (Å²) in [5.41, 5.74) is -0.124. The summed E-state index contributed by atoms with van der Waals surface area (Å²) < 4.78 is 28.0. The second-order valence-corrected chi connectivity index (χ2v) is 9.36. The fourth-order valence-electron chi connectivity index (χ4n) is 3.39. The molecule has 32 heavy (non-hydrogen) atoms. The second-order valence-electron chi connectivity index (χ2n) is 7.68. The molecule has 0 bridgehead atoms. The van der Waals surface area contributed by atoms with Crippen LogP contribution >= 0.6 is 0 Å². The van der Waals surface area contributed by atoms with Crippen molar-refractivity contribution in [2.24, 2.45) is 5.92 Å². The molecule has 1 saturated heterocycles. The molecule has 0 aromatic heterocycles. The van der Waals surface area contributed by atoms with Crippen LogP contribution < -0.4 is 4.72 Å². The van der Waals surface area contributed by atoms with Crippen molar-refractivity contribution in [1.82, 2.24) is 9.80 Å². The fraction of sp³-hybridized carbons (Fsp3) is 0.333. The lowest BCUT2D eigenvalue weighted by Crippen LogP contribution is -2.51. The maximum absolute atomic E-state index is 13.1. The van der Waals surface area contributed by atoms with E-state index in [2.05, 4.69) is 4.72 Å². The van der Waals surface area contributed by atoms with Gasteiger partial charge in [0.05, 0.1) is 21.1 Å². The third-order valence-corrected chi connectivity index (χ3v) is 6.48. The van der Waals surface area contributed by atoms with Gasteiger partial charge in [-0.1, -0.05) is 32.0 Å². The molecule has 10 nitrogen and oxygen atoms in total. The highest BCUT2D eigenvalue weighted by atomic mass is 32.2. The first kappa shape index (κ1) is 23.2. The Balaban J connectivity index is 1.79. The number of rotatable bonds is 6. The number of nitro benzene ring substituents is 1. The van der Waals surface area contributed by atoms with Gasteiger partial charge in [0, 0.05) is 44.2 Å². The van der Waals surface area contributed by atoms with E-state index in [4.69, 9.17) is 0 Å². The Kier molecular flexibility index (Phi) is 6.78. The van der Waals surface area contributed by atoms with E-state index >= 15 is 0 Å². The number of hydrogen-bond donors (Lipinski definition) is 1. The molecule has 2 aromatic carbocycles. The van der Waals surface area contributed by atoms with Crippen molar-refractivity contribution in [2.45, 2.75) is 18.7 Å². The van der Waals surface area contributed by atoms with E-state index in [-0.39, 0.29) is 39.6 Å². The molecule has 1 aliphatic rings. The van der Waals surface area contributed by atoms with Crippen LogP contribution in [0.4, 0.5) is 11.4 Å². The lowest BCUT2D eigenvalue weighted by Gasteiger charge is -2.35. The van der Waals surface area contributed by atoms with Gasteiger partial charge in [0.15, 0.2) is 0 Å². The summed E-state index contributed by atoms with van der Waals surface area (Å²) in [4.78, 5) is 38.6. The van der Waals surface area contributed by atoms with Crippen molar-refractivity contribution < 1.29 is 22.9 Å². The maximum atomic E-state index is 13.1. The van der Waals surface area contributed by atoms with Gasteiger partial charge in [-0.2, -0.15) is 0 Å². The zero-order valence-electron chi connectivity index (χ0n) is 17.7. The Morgan fingerprint density at radius 3 is 2.25 bits per heavy atom. The second kappa shape index (κ2) is 9.35. The zero-order chi connectivity index (χ0) is 23.5. The summed E-state index contributed by atoms with van der Waals surface area (Å²) >= 11 is 0. The molecule has 0 atom stereocenters. The average Bonchev–Trinajstić information content (AvgIpc) is 2.78. The maximum Gasteiger partial charge on any atom is 0.270 e. The number of benzene rings is 2. The quantitative estimate of drug-likeness (QED) is 0.520. The van der Waals surface area contributed by atoms with Crippen LogP contribution in [-0.2, 0) is 14.8 Å². The topological polar surface area (TPSA) is 130 Å². The molecule has 1 heterocycles. The summed E-state index contributed by atoms with van der Waals surface area (Å²) in [5, 5.41) is 11.0. The van der Waals surface area contributed by atoms with Gasteiger partial charge in [-0.05, 0) is 18.2 Å². The number of nitro groups is 1. The first-order chi connectivity index (χ1) is 15.1. The summed E-state index contributed by atoms with van der Waals surface area (Å²) in [6.45, 7) is 5.13. The highest BCUT2D eigenvalue weighted by Gasteiger charge is 2.28. The van der Waals surface area contributed by atoms with E-state index < -0.39 is 14.9 Å². The standard InChI is InChI=1S/C21H24N4O6S/c1-15(2)20(26)23-10-12-24(13-11-23)21(27)18-8-3-4-9-19(18)22-32(30,31)17-7-5-6-16(14-17)25(28)29/h3-9,14-15,22H,10-13H2,1-2H3. The molecule has 0 unspecified atom stereocenters. The Bertz CT molecular complexity index is 1140. The molecule has 2 aromatic rings. The monoisotopic (exact) mass is 460 g/mol. The first-order valence-corrected chi connectivity index (χ1v) is 11.5. The molecule has 0 radical (unpaired) electrons. The molecule has 1 aliphatic heterocycles. The molecule has 11 heteroatoms. The van der Waals surface area contributed by atoms with Crippen LogP contribution in [0.3, 0.4) is 0 Å². The van der Waals surface area contributed by atoms with Gasteiger partial charge in [0.25, 0.3) is 21.6 Å². The smallest absolute Gasteiger partial charge is 0.270 e. The largest absolute Gasteiger partial charge is 0.339 e. The minimum absolute atomic E-state index is 0.0298. The van der Waals surface area contributed by atoms with Gasteiger partial charge in [0.2, 0.25) is 5.91 Å². The Labute approximate surface area is 186 Å². The SMILES string of the molecule is CC(C)C(=O)N1CCN(C(=O)c2ccccc2NS(=O)(=O)c2cccc([N+](=O)[O-])c2)CC1. The molecular formula is C21H24N4O6S. The molecule has 0 saturated carbocycles. The van der Waals surface area contributed by atoms with Gasteiger partial charge < -0.3 is 9.80 Å². The van der Waals surface area contributed by atoms with Crippen molar-refractivity contribution in [1.29, 1.82) is 0 Å². The van der Waals surface area contributed by atoms with Crippen molar-refractivity contribution in [3.8, 4) is 0 Å². The molecule has 0 aliphatic carbocycles. The summed E-state index contributed by atoms with van der Waals surface area (Å²) in [6, 6.07) is 10.8. The van der Waals surface area contributed by atoms with Crippen molar-refractivity contribution >= 4 is 33.2 Å². The number of sulfonamides is 1. The molecule has 3 rings (SSSR count). The zero-order valence-corrected chi connectivity index (χ0v) is 18.5. The van der Waals surface area contributed by atoms with E-state index in [1.807, 2.05) is 13.8 Å². The van der Waals surface area contributed by atoms with Crippen LogP contribution in [0.2, 0.25) is 0 Å². The lowest BCUT2D eigenvalue weighted by molar-refractivity contribution is -0.385. The lowest BCUT2D eigenvalue weighted by atomic mass is 10.1. The number of amides is 2. The molecule has 170 valence electrons. The minimum atomic E-state index is -4.16. The van der Waals surface area contributed by atoms with Crippen LogP contribution in [0, 0.1) is 16.0 Å². The molecular weight excluding hydrogens is 436 g/mol. The Morgan fingerprint density at radius 2 is 1.62 bits per heavy atom. The third-order valence-electron chi connectivity index (χ3n) is 5.11. The van der Waals surface area contributed by atoms with Gasteiger partial charge in [-0.15, -0.1) is 0 Å². The molecule has 0 spiro atoms. The highest BCUT2D eigenvalue weighted by Crippen LogP contribution is 2.24. The van der Waals surface area contributed by atoms with E-state index in [0.717, 1.165) is 6.07 Å². The van der Waals surface area contributed by atoms with Gasteiger partial charge in [-0.3, -0.25) is 24.4 Å². The number of carbonyl (C=O) groups excluding carboxylic acids is 2. The fourth-order valence-corrected chi connectivity index (χ4v) is 4.51. The first-order valence-electron chi connectivity index (χ1n) is 10.0. The average molecular weight is 461 g/mol. The number of piperazine rings is 1. The van der Waals surface area contributed by atoms with Crippen LogP contribution in [-0.4, -0.2) is 61.1 Å². The number of nitrogens with zero attached hydrogens (tertiary/aromatic N) is 3. The molecule has 2 amide bonds. The number of nitrogens with one attached hydrogen (secondary N) is 1. The number of anilines is 1. The normalized spacial score (nSPS) is 14.3. The van der Waals surface area contributed by atoms with Crippen LogP contribution in [0.15, 0.2) is 53.4 Å². The predicted molar refractivity (Wildman–Crippen MR) is 118 cm³/mol. The van der Waals surface area contributed by atoms with Crippen molar-refractivity contribution in [3.63, 3.8) is 0 Å². The summed E-state index contributed by atoms with van der Waals surface area (Å²) in [5.74, 6) is -0.456. The summed E-state index contributed by atoms with van der Waals surface area (Å²) in [7, 11) is -4.16. The van der Waals surface area contributed by atoms with Crippen LogP contribution in [0.5, 0.6) is 0 Å². The van der Waals surface area contributed by atoms with Crippen molar-refractivity contribution in [3.05, 3.63) is 64.2 Å². The molecule has 1 N–H and O–H groups in total. The Morgan fingerprint density at radius 1 is 1.00 bits per heavy atom. The van der Waals surface area contributed by atoms with Crippen LogP contribution in [0.1, 0.15) is 24.2 Å². The number of carbonyl (C=O) groups is 2. The number of hydrogen-bond acceptors (Lipinski definition) is 6. The van der Waals surface area contributed by atoms with E-state index in [9.17, 15) is 28.1 Å². The van der Waals surface area contributed by atoms with E-state index in [1.165, 1.54) is 30.3 Å². The third kappa shape index (κ3) is 5.05. The van der Waals surface area contributed by atoms with Gasteiger partial charge >= 0.3 is 0 Å². The van der Waals surface area contributed by atoms with Crippen molar-refractivity contribution in [2.75, 3.05) is 30.9 Å². The Hall–Kier alpha value is -3.47. The van der Waals surface area contributed by atoms with E-state index in [1.54, 1.807) is 21.9 Å². The van der Waals surface area contributed by atoms with Gasteiger partial charge in [-0.25, -0.2) is 8.42 Å². The number of non-ortho nitro benzene ring substituents is 1. The highest BCUT2D eigenvalue weighted by molar-refractivity contribution is 7.92. The number of para-hydroxylation sites is 1.